The Balaban J connectivity index is 1.20. The van der Waals surface area contributed by atoms with Crippen molar-refractivity contribution in [2.75, 3.05) is 12.4 Å². The number of nitrogens with zero attached hydrogens (tertiary/aromatic N) is 5. The monoisotopic (exact) mass is 537 g/mol. The Hall–Kier alpha value is -4.37. The summed E-state index contributed by atoms with van der Waals surface area (Å²) in [5.74, 6) is 2.49. The fourth-order valence-electron chi connectivity index (χ4n) is 4.79. The van der Waals surface area contributed by atoms with E-state index in [4.69, 9.17) is 9.47 Å². The predicted molar refractivity (Wildman–Crippen MR) is 150 cm³/mol. The van der Waals surface area contributed by atoms with E-state index in [-0.39, 0.29) is 17.6 Å². The highest BCUT2D eigenvalue weighted by atomic mass is 32.2. The van der Waals surface area contributed by atoms with E-state index in [9.17, 15) is 4.79 Å². The Labute approximate surface area is 230 Å². The van der Waals surface area contributed by atoms with E-state index in [0.717, 1.165) is 34.1 Å². The summed E-state index contributed by atoms with van der Waals surface area (Å²) < 4.78 is 16.2. The lowest BCUT2D eigenvalue weighted by Gasteiger charge is -2.27. The summed E-state index contributed by atoms with van der Waals surface area (Å²) >= 11 is 1.38. The molecule has 0 N–H and O–H groups in total. The molecule has 0 spiro atoms. The van der Waals surface area contributed by atoms with Crippen LogP contribution in [0.2, 0.25) is 0 Å². The molecule has 1 aliphatic rings. The lowest BCUT2D eigenvalue weighted by atomic mass is 10.2. The Morgan fingerprint density at radius 3 is 2.51 bits per heavy atom. The van der Waals surface area contributed by atoms with Crippen LogP contribution in [0.3, 0.4) is 0 Å². The highest BCUT2D eigenvalue weighted by Gasteiger charge is 2.24. The van der Waals surface area contributed by atoms with Crippen molar-refractivity contribution in [1.82, 2.24) is 24.3 Å². The predicted octanol–water partition coefficient (Wildman–Crippen LogP) is 5.56. The molecule has 0 aliphatic carbocycles. The summed E-state index contributed by atoms with van der Waals surface area (Å²) in [5.41, 5.74) is 4.47. The molecule has 196 valence electrons. The van der Waals surface area contributed by atoms with Crippen molar-refractivity contribution in [1.29, 1.82) is 0 Å². The second-order valence-corrected chi connectivity index (χ2v) is 10.3. The number of aromatic nitrogens is 5. The summed E-state index contributed by atoms with van der Waals surface area (Å²) in [6.45, 7) is 5.06. The standard InChI is InChI=1S/C30H27N5O3S/c1-20-16-25(21(2)34(20)17-24-18-37-27-10-6-7-11-28(27)38-24)26(36)19-39-30-33-32-29(22-12-14-31-15-13-22)35(30)23-8-4-3-5-9-23/h3-16,24H,17-19H2,1-2H3/t24-/m1/s1. The molecule has 0 unspecified atom stereocenters. The Morgan fingerprint density at radius 1 is 0.974 bits per heavy atom. The van der Waals surface area contributed by atoms with E-state index >= 15 is 0 Å². The molecule has 3 aromatic heterocycles. The van der Waals surface area contributed by atoms with E-state index in [1.807, 2.05) is 91.2 Å². The second kappa shape index (κ2) is 10.8. The molecular weight excluding hydrogens is 510 g/mol. The normalized spacial score (nSPS) is 14.4. The number of Topliss-reactive ketones (excluding diaryl/α,β-unsaturated/α-hetero) is 1. The van der Waals surface area contributed by atoms with Crippen LogP contribution in [0.5, 0.6) is 11.5 Å². The summed E-state index contributed by atoms with van der Waals surface area (Å²) in [5, 5.41) is 9.55. The van der Waals surface area contributed by atoms with Crippen LogP contribution in [-0.4, -0.2) is 48.6 Å². The number of ether oxygens (including phenoxy) is 2. The quantitative estimate of drug-likeness (QED) is 0.189. The average Bonchev–Trinajstić information content (AvgIpc) is 3.53. The van der Waals surface area contributed by atoms with Crippen molar-refractivity contribution in [3.05, 3.63) is 102 Å². The van der Waals surface area contributed by atoms with Gasteiger partial charge in [-0.1, -0.05) is 42.1 Å². The van der Waals surface area contributed by atoms with Gasteiger partial charge in [-0.3, -0.25) is 14.3 Å². The van der Waals surface area contributed by atoms with Crippen LogP contribution in [0.4, 0.5) is 0 Å². The van der Waals surface area contributed by atoms with E-state index in [1.54, 1.807) is 12.4 Å². The van der Waals surface area contributed by atoms with E-state index in [0.29, 0.717) is 29.7 Å². The van der Waals surface area contributed by atoms with Gasteiger partial charge in [-0.05, 0) is 56.3 Å². The van der Waals surface area contributed by atoms with E-state index in [1.165, 1.54) is 11.8 Å². The van der Waals surface area contributed by atoms with Crippen molar-refractivity contribution >= 4 is 17.5 Å². The largest absolute Gasteiger partial charge is 0.486 e. The van der Waals surface area contributed by atoms with E-state index in [2.05, 4.69) is 19.7 Å². The first-order valence-electron chi connectivity index (χ1n) is 12.7. The Morgan fingerprint density at radius 2 is 1.72 bits per heavy atom. The number of benzene rings is 2. The van der Waals surface area contributed by atoms with Gasteiger partial charge in [0, 0.05) is 40.6 Å². The summed E-state index contributed by atoms with van der Waals surface area (Å²) in [4.78, 5) is 17.5. The first-order valence-corrected chi connectivity index (χ1v) is 13.7. The molecule has 4 heterocycles. The summed E-state index contributed by atoms with van der Waals surface area (Å²) in [6.07, 6.45) is 3.32. The molecule has 1 atom stereocenters. The van der Waals surface area contributed by atoms with Gasteiger partial charge in [-0.15, -0.1) is 10.2 Å². The number of ketones is 1. The zero-order chi connectivity index (χ0) is 26.8. The number of para-hydroxylation sites is 3. The summed E-state index contributed by atoms with van der Waals surface area (Å²) in [7, 11) is 0. The molecule has 9 heteroatoms. The summed E-state index contributed by atoms with van der Waals surface area (Å²) in [6, 6.07) is 23.4. The number of carbonyl (C=O) groups is 1. The zero-order valence-electron chi connectivity index (χ0n) is 21.7. The maximum Gasteiger partial charge on any atom is 0.196 e. The molecule has 1 aliphatic heterocycles. The van der Waals surface area contributed by atoms with Crippen LogP contribution < -0.4 is 9.47 Å². The van der Waals surface area contributed by atoms with Gasteiger partial charge < -0.3 is 14.0 Å². The molecule has 0 bridgehead atoms. The number of hydrogen-bond donors (Lipinski definition) is 0. The lowest BCUT2D eigenvalue weighted by Crippen LogP contribution is -2.33. The van der Waals surface area contributed by atoms with Gasteiger partial charge in [0.05, 0.1) is 12.3 Å². The number of fused-ring (bicyclic) bond motifs is 1. The maximum atomic E-state index is 13.4. The number of carbonyl (C=O) groups excluding carboxylic acids is 1. The lowest BCUT2D eigenvalue weighted by molar-refractivity contribution is 0.0777. The minimum absolute atomic E-state index is 0.0404. The third-order valence-corrected chi connectivity index (χ3v) is 7.68. The Bertz CT molecular complexity index is 1610. The molecule has 5 aromatic rings. The molecule has 0 radical (unpaired) electrons. The fraction of sp³-hybridized carbons (Fsp3) is 0.200. The third-order valence-electron chi connectivity index (χ3n) is 6.75. The molecular formula is C30H27N5O3S. The van der Waals surface area contributed by atoms with E-state index < -0.39 is 0 Å². The van der Waals surface area contributed by atoms with Crippen molar-refractivity contribution in [3.63, 3.8) is 0 Å². The molecule has 0 saturated heterocycles. The third kappa shape index (κ3) is 5.05. The van der Waals surface area contributed by atoms with Crippen molar-refractivity contribution in [3.8, 4) is 28.6 Å². The smallest absolute Gasteiger partial charge is 0.196 e. The number of thioether (sulfide) groups is 1. The fourth-order valence-corrected chi connectivity index (χ4v) is 5.63. The van der Waals surface area contributed by atoms with Gasteiger partial charge in [-0.25, -0.2) is 0 Å². The minimum Gasteiger partial charge on any atom is -0.486 e. The maximum absolute atomic E-state index is 13.4. The number of pyridine rings is 1. The van der Waals surface area contributed by atoms with Crippen LogP contribution in [0.25, 0.3) is 17.1 Å². The molecule has 39 heavy (non-hydrogen) atoms. The SMILES string of the molecule is Cc1cc(C(=O)CSc2nnc(-c3ccncc3)n2-c2ccccc2)c(C)n1C[C@@H]1COc2ccccc2O1. The zero-order valence-corrected chi connectivity index (χ0v) is 22.5. The van der Waals surface area contributed by atoms with Gasteiger partial charge in [0.25, 0.3) is 0 Å². The first kappa shape index (κ1) is 24.9. The molecule has 6 rings (SSSR count). The molecule has 0 saturated carbocycles. The highest BCUT2D eigenvalue weighted by Crippen LogP contribution is 2.32. The van der Waals surface area contributed by atoms with Gasteiger partial charge in [0.2, 0.25) is 0 Å². The number of hydrogen-bond acceptors (Lipinski definition) is 7. The topological polar surface area (TPSA) is 84.1 Å². The van der Waals surface area contributed by atoms with Crippen LogP contribution in [0.15, 0.2) is 90.3 Å². The second-order valence-electron chi connectivity index (χ2n) is 9.32. The van der Waals surface area contributed by atoms with Gasteiger partial charge in [0.1, 0.15) is 6.61 Å². The Kier molecular flexibility index (Phi) is 6.89. The molecule has 2 aromatic carbocycles. The van der Waals surface area contributed by atoms with Crippen LogP contribution >= 0.6 is 11.8 Å². The highest BCUT2D eigenvalue weighted by molar-refractivity contribution is 7.99. The molecule has 0 amide bonds. The van der Waals surface area contributed by atoms with Gasteiger partial charge in [0.15, 0.2) is 34.4 Å². The molecule has 8 nitrogen and oxygen atoms in total. The van der Waals surface area contributed by atoms with Gasteiger partial charge in [-0.2, -0.15) is 0 Å². The minimum atomic E-state index is -0.141. The van der Waals surface area contributed by atoms with Crippen LogP contribution in [-0.2, 0) is 6.54 Å². The van der Waals surface area contributed by atoms with Crippen molar-refractivity contribution < 1.29 is 14.3 Å². The number of aryl methyl sites for hydroxylation is 1. The first-order chi connectivity index (χ1) is 19.1. The van der Waals surface area contributed by atoms with Crippen molar-refractivity contribution in [2.24, 2.45) is 0 Å². The number of rotatable bonds is 8. The van der Waals surface area contributed by atoms with Crippen LogP contribution in [0, 0.1) is 13.8 Å². The van der Waals surface area contributed by atoms with Crippen molar-refractivity contribution in [2.45, 2.75) is 31.7 Å². The van der Waals surface area contributed by atoms with Gasteiger partial charge >= 0.3 is 0 Å². The average molecular weight is 538 g/mol. The molecule has 0 fully saturated rings. The van der Waals surface area contributed by atoms with Crippen LogP contribution in [0.1, 0.15) is 21.7 Å².